The highest BCUT2D eigenvalue weighted by atomic mass is 16.4. The summed E-state index contributed by atoms with van der Waals surface area (Å²) in [5, 5.41) is 20.4. The first-order chi connectivity index (χ1) is 6.43. The van der Waals surface area contributed by atoms with Crippen LogP contribution in [0, 0.1) is 11.8 Å². The van der Waals surface area contributed by atoms with Gasteiger partial charge in [0.2, 0.25) is 0 Å². The van der Waals surface area contributed by atoms with Crippen LogP contribution in [-0.4, -0.2) is 34.2 Å². The third kappa shape index (κ3) is 2.04. The van der Waals surface area contributed by atoms with E-state index < -0.39 is 23.9 Å². The number of aliphatic carboxylic acids is 2. The molecular formula is C9H15NO4. The second-order valence-electron chi connectivity index (χ2n) is 3.92. The highest BCUT2D eigenvalue weighted by molar-refractivity contribution is 5.75. The SMILES string of the molecule is CC(C(=O)O)[C@H]1N[C@H](C(=O)O)C[C@@H]1C. The lowest BCUT2D eigenvalue weighted by molar-refractivity contribution is -0.143. The summed E-state index contributed by atoms with van der Waals surface area (Å²) in [6.07, 6.45) is 0.498. The van der Waals surface area contributed by atoms with Gasteiger partial charge in [-0.2, -0.15) is 0 Å². The molecule has 0 aromatic rings. The van der Waals surface area contributed by atoms with Crippen molar-refractivity contribution in [2.75, 3.05) is 0 Å². The fraction of sp³-hybridized carbons (Fsp3) is 0.778. The van der Waals surface area contributed by atoms with Crippen LogP contribution in [0.2, 0.25) is 0 Å². The van der Waals surface area contributed by atoms with Crippen LogP contribution in [0.1, 0.15) is 20.3 Å². The maximum absolute atomic E-state index is 10.7. The monoisotopic (exact) mass is 201 g/mol. The first kappa shape index (κ1) is 11.0. The quantitative estimate of drug-likeness (QED) is 0.605. The third-order valence-electron chi connectivity index (χ3n) is 2.84. The normalized spacial score (nSPS) is 34.0. The molecule has 14 heavy (non-hydrogen) atoms. The van der Waals surface area contributed by atoms with Crippen LogP contribution >= 0.6 is 0 Å². The molecule has 0 radical (unpaired) electrons. The maximum Gasteiger partial charge on any atom is 0.320 e. The lowest BCUT2D eigenvalue weighted by Crippen LogP contribution is -2.42. The Balaban J connectivity index is 2.65. The summed E-state index contributed by atoms with van der Waals surface area (Å²) in [5.41, 5.74) is 0. The fourth-order valence-electron chi connectivity index (χ4n) is 1.95. The fourth-order valence-corrected chi connectivity index (χ4v) is 1.95. The van der Waals surface area contributed by atoms with Gasteiger partial charge in [-0.05, 0) is 12.3 Å². The molecule has 80 valence electrons. The molecule has 0 bridgehead atoms. The molecule has 0 aromatic heterocycles. The van der Waals surface area contributed by atoms with Crippen LogP contribution in [-0.2, 0) is 9.59 Å². The number of carboxylic acids is 2. The van der Waals surface area contributed by atoms with Crippen LogP contribution < -0.4 is 5.32 Å². The summed E-state index contributed by atoms with van der Waals surface area (Å²) in [4.78, 5) is 21.4. The Morgan fingerprint density at radius 3 is 2.36 bits per heavy atom. The van der Waals surface area contributed by atoms with Crippen molar-refractivity contribution >= 4 is 11.9 Å². The van der Waals surface area contributed by atoms with Crippen LogP contribution in [0.5, 0.6) is 0 Å². The number of hydrogen-bond donors (Lipinski definition) is 3. The third-order valence-corrected chi connectivity index (χ3v) is 2.84. The van der Waals surface area contributed by atoms with E-state index in [4.69, 9.17) is 10.2 Å². The molecule has 0 aromatic carbocycles. The van der Waals surface area contributed by atoms with E-state index in [-0.39, 0.29) is 12.0 Å². The Hall–Kier alpha value is -1.10. The minimum Gasteiger partial charge on any atom is -0.481 e. The molecule has 1 saturated heterocycles. The molecule has 0 saturated carbocycles. The summed E-state index contributed by atoms with van der Waals surface area (Å²) < 4.78 is 0. The average molecular weight is 201 g/mol. The summed E-state index contributed by atoms with van der Waals surface area (Å²) in [6.45, 7) is 3.47. The van der Waals surface area contributed by atoms with Crippen molar-refractivity contribution in [3.63, 3.8) is 0 Å². The second-order valence-corrected chi connectivity index (χ2v) is 3.92. The molecular weight excluding hydrogens is 186 g/mol. The van der Waals surface area contributed by atoms with Crippen molar-refractivity contribution in [2.24, 2.45) is 11.8 Å². The predicted molar refractivity (Wildman–Crippen MR) is 48.9 cm³/mol. The molecule has 5 nitrogen and oxygen atoms in total. The largest absolute Gasteiger partial charge is 0.481 e. The van der Waals surface area contributed by atoms with Gasteiger partial charge in [-0.25, -0.2) is 0 Å². The second kappa shape index (κ2) is 3.96. The van der Waals surface area contributed by atoms with Gasteiger partial charge >= 0.3 is 11.9 Å². The van der Waals surface area contributed by atoms with Gasteiger partial charge in [-0.3, -0.25) is 9.59 Å². The van der Waals surface area contributed by atoms with Crippen LogP contribution in [0.15, 0.2) is 0 Å². The molecule has 1 unspecified atom stereocenters. The van der Waals surface area contributed by atoms with E-state index >= 15 is 0 Å². The van der Waals surface area contributed by atoms with Gasteiger partial charge in [-0.15, -0.1) is 0 Å². The molecule has 1 aliphatic rings. The number of carbonyl (C=O) groups is 2. The van der Waals surface area contributed by atoms with Crippen molar-refractivity contribution in [3.8, 4) is 0 Å². The van der Waals surface area contributed by atoms with E-state index in [2.05, 4.69) is 5.32 Å². The van der Waals surface area contributed by atoms with Crippen molar-refractivity contribution in [3.05, 3.63) is 0 Å². The van der Waals surface area contributed by atoms with Crippen molar-refractivity contribution in [1.82, 2.24) is 5.32 Å². The lowest BCUT2D eigenvalue weighted by atomic mass is 9.92. The zero-order valence-electron chi connectivity index (χ0n) is 8.23. The first-order valence-electron chi connectivity index (χ1n) is 4.65. The zero-order chi connectivity index (χ0) is 10.9. The van der Waals surface area contributed by atoms with E-state index in [1.807, 2.05) is 6.92 Å². The van der Waals surface area contributed by atoms with Gasteiger partial charge < -0.3 is 15.5 Å². The summed E-state index contributed by atoms with van der Waals surface area (Å²) >= 11 is 0. The van der Waals surface area contributed by atoms with Gasteiger partial charge in [0.1, 0.15) is 6.04 Å². The maximum atomic E-state index is 10.7. The Morgan fingerprint density at radius 1 is 1.43 bits per heavy atom. The summed E-state index contributed by atoms with van der Waals surface area (Å²) in [5.74, 6) is -2.26. The van der Waals surface area contributed by atoms with Gasteiger partial charge in [0, 0.05) is 6.04 Å². The molecule has 0 amide bonds. The van der Waals surface area contributed by atoms with Crippen LogP contribution in [0.3, 0.4) is 0 Å². The molecule has 0 spiro atoms. The van der Waals surface area contributed by atoms with E-state index in [9.17, 15) is 9.59 Å². The molecule has 1 rings (SSSR count). The minimum atomic E-state index is -0.906. The lowest BCUT2D eigenvalue weighted by Gasteiger charge is -2.19. The standard InChI is InChI=1S/C9H15NO4/c1-4-3-6(9(13)14)10-7(4)5(2)8(11)12/h4-7,10H,3H2,1-2H3,(H,11,12)(H,13,14)/t4-,5?,6-,7-/m0/s1. The number of rotatable bonds is 3. The summed E-state index contributed by atoms with van der Waals surface area (Å²) in [6, 6.07) is -0.842. The Labute approximate surface area is 82.1 Å². The Morgan fingerprint density at radius 2 is 2.00 bits per heavy atom. The Bertz CT molecular complexity index is 253. The molecule has 1 heterocycles. The van der Waals surface area contributed by atoms with E-state index in [1.54, 1.807) is 6.92 Å². The molecule has 1 aliphatic heterocycles. The van der Waals surface area contributed by atoms with E-state index in [0.29, 0.717) is 6.42 Å². The highest BCUT2D eigenvalue weighted by Crippen LogP contribution is 2.25. The Kier molecular flexibility index (Phi) is 3.10. The molecule has 1 fully saturated rings. The number of hydrogen-bond acceptors (Lipinski definition) is 3. The van der Waals surface area contributed by atoms with E-state index in [1.165, 1.54) is 0 Å². The van der Waals surface area contributed by atoms with Gasteiger partial charge in [-0.1, -0.05) is 13.8 Å². The molecule has 0 aliphatic carbocycles. The average Bonchev–Trinajstić information content (AvgIpc) is 2.46. The van der Waals surface area contributed by atoms with Crippen molar-refractivity contribution in [2.45, 2.75) is 32.4 Å². The van der Waals surface area contributed by atoms with Gasteiger partial charge in [0.25, 0.3) is 0 Å². The van der Waals surface area contributed by atoms with Crippen molar-refractivity contribution in [1.29, 1.82) is 0 Å². The van der Waals surface area contributed by atoms with Gasteiger partial charge in [0.05, 0.1) is 5.92 Å². The summed E-state index contributed by atoms with van der Waals surface area (Å²) in [7, 11) is 0. The molecule has 5 heteroatoms. The van der Waals surface area contributed by atoms with Crippen LogP contribution in [0.4, 0.5) is 0 Å². The molecule has 4 atom stereocenters. The smallest absolute Gasteiger partial charge is 0.320 e. The molecule has 3 N–H and O–H groups in total. The minimum absolute atomic E-state index is 0.0854. The topological polar surface area (TPSA) is 86.6 Å². The van der Waals surface area contributed by atoms with Crippen molar-refractivity contribution < 1.29 is 19.8 Å². The number of carboxylic acid groups (broad SMARTS) is 2. The first-order valence-corrected chi connectivity index (χ1v) is 4.65. The highest BCUT2D eigenvalue weighted by Gasteiger charge is 2.39. The van der Waals surface area contributed by atoms with E-state index in [0.717, 1.165) is 0 Å². The predicted octanol–water partition coefficient (Wildman–Crippen LogP) is 0.158. The number of nitrogens with one attached hydrogen (secondary N) is 1. The van der Waals surface area contributed by atoms with Crippen LogP contribution in [0.25, 0.3) is 0 Å². The zero-order valence-corrected chi connectivity index (χ0v) is 8.23. The van der Waals surface area contributed by atoms with Gasteiger partial charge in [0.15, 0.2) is 0 Å².